The molecule has 0 spiro atoms. The Labute approximate surface area is 207 Å². The Morgan fingerprint density at radius 1 is 0.971 bits per heavy atom. The first kappa shape index (κ1) is 23.7. The summed E-state index contributed by atoms with van der Waals surface area (Å²) in [6, 6.07) is 24.5. The lowest BCUT2D eigenvalue weighted by atomic mass is 10.2. The van der Waals surface area contributed by atoms with Crippen LogP contribution < -0.4 is 14.8 Å². The normalized spacial score (nSPS) is 10.6. The summed E-state index contributed by atoms with van der Waals surface area (Å²) in [4.78, 5) is 12.5. The third kappa shape index (κ3) is 6.09. The van der Waals surface area contributed by atoms with E-state index in [9.17, 15) is 4.79 Å². The maximum Gasteiger partial charge on any atom is 0.230 e. The minimum Gasteiger partial charge on any atom is -0.497 e. The summed E-state index contributed by atoms with van der Waals surface area (Å²) in [6.07, 6.45) is 0. The number of halogens is 1. The van der Waals surface area contributed by atoms with Crippen LogP contribution in [0.1, 0.15) is 11.4 Å². The van der Waals surface area contributed by atoms with Crippen LogP contribution in [0.25, 0.3) is 5.69 Å². The zero-order valence-electron chi connectivity index (χ0n) is 18.5. The van der Waals surface area contributed by atoms with E-state index in [1.165, 1.54) is 11.8 Å². The molecule has 1 heterocycles. The first-order chi connectivity index (χ1) is 16.6. The number of hydrogen-bond acceptors (Lipinski definition) is 6. The maximum atomic E-state index is 12.5. The number of thioether (sulfide) groups is 1. The Morgan fingerprint density at radius 2 is 1.68 bits per heavy atom. The van der Waals surface area contributed by atoms with Crippen molar-refractivity contribution in [2.75, 3.05) is 12.9 Å². The van der Waals surface area contributed by atoms with Crippen molar-refractivity contribution in [3.63, 3.8) is 0 Å². The Bertz CT molecular complexity index is 1230. The number of para-hydroxylation sites is 1. The summed E-state index contributed by atoms with van der Waals surface area (Å²) in [7, 11) is 1.62. The number of carbonyl (C=O) groups excluding carboxylic acids is 1. The fourth-order valence-corrected chi connectivity index (χ4v) is 4.16. The Balaban J connectivity index is 1.43. The fraction of sp³-hybridized carbons (Fsp3) is 0.160. The molecule has 0 saturated heterocycles. The van der Waals surface area contributed by atoms with Gasteiger partial charge in [0.05, 0.1) is 12.9 Å². The topological polar surface area (TPSA) is 78.3 Å². The molecule has 1 N–H and O–H groups in total. The van der Waals surface area contributed by atoms with E-state index in [4.69, 9.17) is 21.1 Å². The van der Waals surface area contributed by atoms with Gasteiger partial charge in [-0.3, -0.25) is 9.36 Å². The molecule has 0 saturated carbocycles. The van der Waals surface area contributed by atoms with Gasteiger partial charge in [-0.25, -0.2) is 0 Å². The number of nitrogens with one attached hydrogen (secondary N) is 1. The van der Waals surface area contributed by atoms with Crippen molar-refractivity contribution in [2.24, 2.45) is 0 Å². The van der Waals surface area contributed by atoms with Crippen LogP contribution in [0, 0.1) is 0 Å². The highest BCUT2D eigenvalue weighted by atomic mass is 35.5. The average molecular weight is 495 g/mol. The van der Waals surface area contributed by atoms with Crippen molar-refractivity contribution in [3.05, 3.63) is 95.3 Å². The summed E-state index contributed by atoms with van der Waals surface area (Å²) < 4.78 is 13.0. The zero-order chi connectivity index (χ0) is 23.8. The lowest BCUT2D eigenvalue weighted by Crippen LogP contribution is -2.24. The van der Waals surface area contributed by atoms with Crippen molar-refractivity contribution < 1.29 is 14.3 Å². The van der Waals surface area contributed by atoms with Crippen molar-refractivity contribution in [1.82, 2.24) is 20.1 Å². The van der Waals surface area contributed by atoms with Crippen LogP contribution in [0.3, 0.4) is 0 Å². The van der Waals surface area contributed by atoms with Gasteiger partial charge in [0, 0.05) is 17.3 Å². The van der Waals surface area contributed by atoms with Crippen molar-refractivity contribution in [1.29, 1.82) is 0 Å². The Kier molecular flexibility index (Phi) is 8.06. The minimum absolute atomic E-state index is 0.122. The van der Waals surface area contributed by atoms with Gasteiger partial charge in [-0.2, -0.15) is 0 Å². The highest BCUT2D eigenvalue weighted by molar-refractivity contribution is 7.99. The van der Waals surface area contributed by atoms with Gasteiger partial charge in [-0.1, -0.05) is 59.8 Å². The first-order valence-corrected chi connectivity index (χ1v) is 11.9. The third-order valence-corrected chi connectivity index (χ3v) is 6.21. The van der Waals surface area contributed by atoms with E-state index in [2.05, 4.69) is 15.5 Å². The van der Waals surface area contributed by atoms with Crippen LogP contribution >= 0.6 is 23.4 Å². The van der Waals surface area contributed by atoms with Crippen LogP contribution in [0.15, 0.2) is 84.0 Å². The molecule has 3 aromatic carbocycles. The van der Waals surface area contributed by atoms with E-state index < -0.39 is 0 Å². The lowest BCUT2D eigenvalue weighted by Gasteiger charge is -2.11. The second kappa shape index (κ2) is 11.6. The molecule has 4 rings (SSSR count). The van der Waals surface area contributed by atoms with Crippen LogP contribution in [0.4, 0.5) is 0 Å². The monoisotopic (exact) mass is 494 g/mol. The molecule has 0 radical (unpaired) electrons. The second-order valence-electron chi connectivity index (χ2n) is 7.19. The molecular weight excluding hydrogens is 472 g/mol. The summed E-state index contributed by atoms with van der Waals surface area (Å²) in [5.74, 6) is 2.14. The summed E-state index contributed by atoms with van der Waals surface area (Å²) in [6.45, 7) is 0.582. The zero-order valence-corrected chi connectivity index (χ0v) is 20.1. The molecule has 9 heteroatoms. The van der Waals surface area contributed by atoms with E-state index in [0.717, 1.165) is 17.0 Å². The number of aromatic nitrogens is 3. The van der Waals surface area contributed by atoms with Crippen LogP contribution in [-0.2, 0) is 17.9 Å². The molecule has 1 amide bonds. The van der Waals surface area contributed by atoms with E-state index in [1.54, 1.807) is 13.2 Å². The predicted octanol–water partition coefficient (Wildman–Crippen LogP) is 4.92. The molecule has 0 atom stereocenters. The molecule has 7 nitrogen and oxygen atoms in total. The second-order valence-corrected chi connectivity index (χ2v) is 8.54. The number of hydrogen-bond donors (Lipinski definition) is 1. The molecule has 0 aliphatic carbocycles. The molecule has 0 fully saturated rings. The largest absolute Gasteiger partial charge is 0.497 e. The van der Waals surface area contributed by atoms with Gasteiger partial charge >= 0.3 is 0 Å². The SMILES string of the molecule is COc1ccc(OCc2nnc(SCC(=O)NCc3ccccc3Cl)n2-c2ccccc2)cc1. The quantitative estimate of drug-likeness (QED) is 0.315. The molecule has 0 bridgehead atoms. The van der Waals surface area contributed by atoms with E-state index in [0.29, 0.717) is 28.3 Å². The van der Waals surface area contributed by atoms with Crippen LogP contribution in [-0.4, -0.2) is 33.5 Å². The molecule has 0 aliphatic rings. The third-order valence-electron chi connectivity index (χ3n) is 4.91. The van der Waals surface area contributed by atoms with Gasteiger partial charge in [0.2, 0.25) is 5.91 Å². The molecule has 0 unspecified atom stereocenters. The molecular formula is C25H23ClN4O3S. The molecule has 174 valence electrons. The number of nitrogens with zero attached hydrogens (tertiary/aromatic N) is 3. The number of benzene rings is 3. The highest BCUT2D eigenvalue weighted by Gasteiger charge is 2.16. The van der Waals surface area contributed by atoms with Crippen LogP contribution in [0.5, 0.6) is 11.5 Å². The Morgan fingerprint density at radius 3 is 2.41 bits per heavy atom. The van der Waals surface area contributed by atoms with E-state index in [-0.39, 0.29) is 18.3 Å². The number of rotatable bonds is 10. The highest BCUT2D eigenvalue weighted by Crippen LogP contribution is 2.24. The lowest BCUT2D eigenvalue weighted by molar-refractivity contribution is -0.118. The van der Waals surface area contributed by atoms with Gasteiger partial charge in [0.15, 0.2) is 11.0 Å². The van der Waals surface area contributed by atoms with Crippen molar-refractivity contribution >= 4 is 29.3 Å². The molecule has 0 aliphatic heterocycles. The van der Waals surface area contributed by atoms with Gasteiger partial charge in [-0.05, 0) is 48.0 Å². The fourth-order valence-electron chi connectivity index (χ4n) is 3.16. The molecule has 34 heavy (non-hydrogen) atoms. The van der Waals surface area contributed by atoms with Crippen molar-refractivity contribution in [2.45, 2.75) is 18.3 Å². The summed E-state index contributed by atoms with van der Waals surface area (Å²) >= 11 is 7.47. The standard InChI is InChI=1S/C25H23ClN4O3S/c1-32-20-11-13-21(14-12-20)33-16-23-28-29-25(30(23)19-8-3-2-4-9-19)34-17-24(31)27-15-18-7-5-6-10-22(18)26/h2-14H,15-17H2,1H3,(H,27,31). The van der Waals surface area contributed by atoms with E-state index in [1.807, 2.05) is 77.4 Å². The number of amides is 1. The van der Waals surface area contributed by atoms with Crippen molar-refractivity contribution in [3.8, 4) is 17.2 Å². The first-order valence-electron chi connectivity index (χ1n) is 10.5. The number of carbonyl (C=O) groups is 1. The molecule has 4 aromatic rings. The van der Waals surface area contributed by atoms with Gasteiger partial charge in [0.25, 0.3) is 0 Å². The number of methoxy groups -OCH3 is 1. The maximum absolute atomic E-state index is 12.5. The summed E-state index contributed by atoms with van der Waals surface area (Å²) in [5, 5.41) is 12.8. The van der Waals surface area contributed by atoms with Crippen LogP contribution in [0.2, 0.25) is 5.02 Å². The Hall–Kier alpha value is -3.49. The van der Waals surface area contributed by atoms with E-state index >= 15 is 0 Å². The average Bonchev–Trinajstić information content (AvgIpc) is 3.29. The van der Waals surface area contributed by atoms with Gasteiger partial charge < -0.3 is 14.8 Å². The summed E-state index contributed by atoms with van der Waals surface area (Å²) in [5.41, 5.74) is 1.76. The number of ether oxygens (including phenoxy) is 2. The predicted molar refractivity (Wildman–Crippen MR) is 133 cm³/mol. The molecule has 1 aromatic heterocycles. The smallest absolute Gasteiger partial charge is 0.230 e. The minimum atomic E-state index is -0.122. The van der Waals surface area contributed by atoms with Gasteiger partial charge in [0.1, 0.15) is 18.1 Å². The van der Waals surface area contributed by atoms with Gasteiger partial charge in [-0.15, -0.1) is 10.2 Å².